The highest BCUT2D eigenvalue weighted by molar-refractivity contribution is 4.82. The standard InChI is InChI=1S/C13H27NO/c1-6-12(2,3)10-14-9-11-7-8-13(4,5)15-11/h11,14H,6-10H2,1-5H3. The van der Waals surface area contributed by atoms with E-state index >= 15 is 0 Å². The third-order valence-corrected chi connectivity index (χ3v) is 3.49. The van der Waals surface area contributed by atoms with Gasteiger partial charge >= 0.3 is 0 Å². The van der Waals surface area contributed by atoms with Crippen molar-refractivity contribution in [1.82, 2.24) is 5.32 Å². The van der Waals surface area contributed by atoms with Crippen LogP contribution in [0.25, 0.3) is 0 Å². The maximum absolute atomic E-state index is 5.93. The van der Waals surface area contributed by atoms with Gasteiger partial charge in [0.25, 0.3) is 0 Å². The molecule has 1 aliphatic heterocycles. The van der Waals surface area contributed by atoms with Crippen LogP contribution in [0.1, 0.15) is 53.9 Å². The average molecular weight is 213 g/mol. The zero-order valence-electron chi connectivity index (χ0n) is 11.0. The van der Waals surface area contributed by atoms with E-state index in [0.717, 1.165) is 13.1 Å². The topological polar surface area (TPSA) is 21.3 Å². The van der Waals surface area contributed by atoms with Gasteiger partial charge in [0.2, 0.25) is 0 Å². The van der Waals surface area contributed by atoms with Crippen molar-refractivity contribution in [3.63, 3.8) is 0 Å². The first-order chi connectivity index (χ1) is 6.85. The number of nitrogens with one attached hydrogen (secondary N) is 1. The van der Waals surface area contributed by atoms with E-state index in [1.807, 2.05) is 0 Å². The Hall–Kier alpha value is -0.0800. The minimum atomic E-state index is 0.104. The molecule has 2 nitrogen and oxygen atoms in total. The molecule has 0 aliphatic carbocycles. The molecule has 15 heavy (non-hydrogen) atoms. The highest BCUT2D eigenvalue weighted by Crippen LogP contribution is 2.29. The van der Waals surface area contributed by atoms with Crippen molar-refractivity contribution in [3.8, 4) is 0 Å². The van der Waals surface area contributed by atoms with E-state index in [9.17, 15) is 0 Å². The first-order valence-electron chi connectivity index (χ1n) is 6.23. The summed E-state index contributed by atoms with van der Waals surface area (Å²) in [7, 11) is 0. The molecular formula is C13H27NO. The van der Waals surface area contributed by atoms with Crippen molar-refractivity contribution in [3.05, 3.63) is 0 Å². The van der Waals surface area contributed by atoms with Gasteiger partial charge in [-0.2, -0.15) is 0 Å². The third kappa shape index (κ3) is 4.52. The van der Waals surface area contributed by atoms with E-state index in [0.29, 0.717) is 11.5 Å². The predicted molar refractivity (Wildman–Crippen MR) is 65.1 cm³/mol. The van der Waals surface area contributed by atoms with Crippen LogP contribution in [0.4, 0.5) is 0 Å². The summed E-state index contributed by atoms with van der Waals surface area (Å²) in [6, 6.07) is 0. The molecule has 0 amide bonds. The number of ether oxygens (including phenoxy) is 1. The van der Waals surface area contributed by atoms with Gasteiger partial charge in [-0.15, -0.1) is 0 Å². The third-order valence-electron chi connectivity index (χ3n) is 3.49. The number of hydrogen-bond acceptors (Lipinski definition) is 2. The van der Waals surface area contributed by atoms with E-state index in [2.05, 4.69) is 39.9 Å². The Morgan fingerprint density at radius 3 is 2.53 bits per heavy atom. The van der Waals surface area contributed by atoms with Crippen LogP contribution in [-0.2, 0) is 4.74 Å². The van der Waals surface area contributed by atoms with Crippen LogP contribution >= 0.6 is 0 Å². The molecule has 1 unspecified atom stereocenters. The van der Waals surface area contributed by atoms with Crippen LogP contribution in [0.2, 0.25) is 0 Å². The zero-order chi connectivity index (χ0) is 11.5. The summed E-state index contributed by atoms with van der Waals surface area (Å²) in [5.74, 6) is 0. The van der Waals surface area contributed by atoms with Crippen LogP contribution < -0.4 is 5.32 Å². The van der Waals surface area contributed by atoms with Crippen molar-refractivity contribution in [2.24, 2.45) is 5.41 Å². The summed E-state index contributed by atoms with van der Waals surface area (Å²) >= 11 is 0. The van der Waals surface area contributed by atoms with Crippen molar-refractivity contribution >= 4 is 0 Å². The van der Waals surface area contributed by atoms with Crippen molar-refractivity contribution in [2.75, 3.05) is 13.1 Å². The smallest absolute Gasteiger partial charge is 0.0707 e. The van der Waals surface area contributed by atoms with Gasteiger partial charge < -0.3 is 10.1 Å². The van der Waals surface area contributed by atoms with E-state index < -0.39 is 0 Å². The molecular weight excluding hydrogens is 186 g/mol. The largest absolute Gasteiger partial charge is 0.371 e. The molecule has 0 radical (unpaired) electrons. The minimum absolute atomic E-state index is 0.104. The molecule has 90 valence electrons. The lowest BCUT2D eigenvalue weighted by atomic mass is 9.90. The zero-order valence-corrected chi connectivity index (χ0v) is 11.0. The van der Waals surface area contributed by atoms with Crippen LogP contribution in [0.15, 0.2) is 0 Å². The quantitative estimate of drug-likeness (QED) is 0.758. The van der Waals surface area contributed by atoms with Gasteiger partial charge in [-0.25, -0.2) is 0 Å². The van der Waals surface area contributed by atoms with Gasteiger partial charge in [0.15, 0.2) is 0 Å². The van der Waals surface area contributed by atoms with Crippen molar-refractivity contribution in [2.45, 2.75) is 65.6 Å². The SMILES string of the molecule is CCC(C)(C)CNCC1CCC(C)(C)O1. The number of rotatable bonds is 5. The lowest BCUT2D eigenvalue weighted by Crippen LogP contribution is -2.35. The van der Waals surface area contributed by atoms with Crippen molar-refractivity contribution in [1.29, 1.82) is 0 Å². The average Bonchev–Trinajstić information content (AvgIpc) is 2.45. The summed E-state index contributed by atoms with van der Waals surface area (Å²) in [5, 5.41) is 3.53. The number of hydrogen-bond donors (Lipinski definition) is 1. The fourth-order valence-electron chi connectivity index (χ4n) is 1.92. The Labute approximate surface area is 94.8 Å². The van der Waals surface area contributed by atoms with Crippen LogP contribution in [0, 0.1) is 5.41 Å². The van der Waals surface area contributed by atoms with Crippen LogP contribution in [0.3, 0.4) is 0 Å². The molecule has 0 aromatic rings. The van der Waals surface area contributed by atoms with Gasteiger partial charge in [-0.3, -0.25) is 0 Å². The molecule has 1 fully saturated rings. The molecule has 0 spiro atoms. The predicted octanol–water partition coefficient (Wildman–Crippen LogP) is 2.97. The highest BCUT2D eigenvalue weighted by Gasteiger charge is 2.31. The van der Waals surface area contributed by atoms with Gasteiger partial charge in [0.1, 0.15) is 0 Å². The van der Waals surface area contributed by atoms with Gasteiger partial charge in [-0.05, 0) is 38.5 Å². The molecule has 2 heteroatoms. The molecule has 1 N–H and O–H groups in total. The first-order valence-corrected chi connectivity index (χ1v) is 6.23. The summed E-state index contributed by atoms with van der Waals surface area (Å²) in [6.45, 7) is 13.3. The Morgan fingerprint density at radius 2 is 2.07 bits per heavy atom. The normalized spacial score (nSPS) is 25.8. The van der Waals surface area contributed by atoms with Gasteiger partial charge in [0, 0.05) is 13.1 Å². The Kier molecular flexibility index (Phi) is 4.19. The maximum atomic E-state index is 5.93. The Morgan fingerprint density at radius 1 is 1.40 bits per heavy atom. The second kappa shape index (κ2) is 4.84. The summed E-state index contributed by atoms with van der Waals surface area (Å²) in [6.07, 6.45) is 4.03. The highest BCUT2D eigenvalue weighted by atomic mass is 16.5. The van der Waals surface area contributed by atoms with E-state index in [1.54, 1.807) is 0 Å². The molecule has 1 atom stereocenters. The maximum Gasteiger partial charge on any atom is 0.0707 e. The van der Waals surface area contributed by atoms with E-state index in [1.165, 1.54) is 19.3 Å². The van der Waals surface area contributed by atoms with Gasteiger partial charge in [0.05, 0.1) is 11.7 Å². The summed E-state index contributed by atoms with van der Waals surface area (Å²) < 4.78 is 5.93. The van der Waals surface area contributed by atoms with E-state index in [4.69, 9.17) is 4.74 Å². The fraction of sp³-hybridized carbons (Fsp3) is 1.00. The molecule has 0 aromatic heterocycles. The summed E-state index contributed by atoms with van der Waals surface area (Å²) in [4.78, 5) is 0. The second-order valence-corrected chi connectivity index (χ2v) is 6.19. The minimum Gasteiger partial charge on any atom is -0.371 e. The fourth-order valence-corrected chi connectivity index (χ4v) is 1.92. The van der Waals surface area contributed by atoms with Gasteiger partial charge in [-0.1, -0.05) is 20.8 Å². The monoisotopic (exact) mass is 213 g/mol. The lowest BCUT2D eigenvalue weighted by molar-refractivity contribution is -0.0148. The Balaban J connectivity index is 2.17. The first kappa shape index (κ1) is 13.0. The molecule has 0 bridgehead atoms. The van der Waals surface area contributed by atoms with Crippen LogP contribution in [-0.4, -0.2) is 24.8 Å². The molecule has 1 rings (SSSR count). The molecule has 1 saturated heterocycles. The molecule has 1 aliphatic rings. The molecule has 0 saturated carbocycles. The van der Waals surface area contributed by atoms with Crippen LogP contribution in [0.5, 0.6) is 0 Å². The Bertz CT molecular complexity index is 199. The summed E-state index contributed by atoms with van der Waals surface area (Å²) in [5.41, 5.74) is 0.515. The van der Waals surface area contributed by atoms with Crippen molar-refractivity contribution < 1.29 is 4.74 Å². The molecule has 0 aromatic carbocycles. The lowest BCUT2D eigenvalue weighted by Gasteiger charge is -2.25. The molecule has 1 heterocycles. The van der Waals surface area contributed by atoms with E-state index in [-0.39, 0.29) is 5.60 Å². The second-order valence-electron chi connectivity index (χ2n) is 6.19.